The minimum Gasteiger partial charge on any atom is -0.487 e. The van der Waals surface area contributed by atoms with Crippen LogP contribution in [0, 0.1) is 18.5 Å². The van der Waals surface area contributed by atoms with Crippen molar-refractivity contribution in [2.75, 3.05) is 0 Å². The number of hydrogen-bond donors (Lipinski definition) is 1. The first-order valence-electron chi connectivity index (χ1n) is 9.39. The number of fused-ring (bicyclic) bond motifs is 1. The van der Waals surface area contributed by atoms with Crippen molar-refractivity contribution in [3.05, 3.63) is 78.4 Å². The van der Waals surface area contributed by atoms with Gasteiger partial charge in [0.2, 0.25) is 0 Å². The van der Waals surface area contributed by atoms with Gasteiger partial charge in [0.05, 0.1) is 7.14 Å². The van der Waals surface area contributed by atoms with E-state index in [2.05, 4.69) is 80.8 Å². The van der Waals surface area contributed by atoms with Crippen LogP contribution in [-0.4, -0.2) is 11.9 Å². The number of carbonyl (C=O) groups excluding carboxylic acids is 1. The SMILES string of the molecule is CC(C)NC(=O)/C(C#N)=C\c1cc(I)c(OCc2ccc3ccccc3c2)c(I)c1. The van der Waals surface area contributed by atoms with Gasteiger partial charge < -0.3 is 10.1 Å². The highest BCUT2D eigenvalue weighted by Crippen LogP contribution is 2.31. The molecule has 0 unspecified atom stereocenters. The molecule has 1 amide bonds. The van der Waals surface area contributed by atoms with E-state index in [9.17, 15) is 10.1 Å². The summed E-state index contributed by atoms with van der Waals surface area (Å²) in [5, 5.41) is 14.5. The Bertz CT molecular complexity index is 1140. The van der Waals surface area contributed by atoms with Crippen LogP contribution in [0.25, 0.3) is 16.8 Å². The number of amides is 1. The third-order valence-corrected chi connectivity index (χ3v) is 5.92. The summed E-state index contributed by atoms with van der Waals surface area (Å²) in [6.07, 6.45) is 1.61. The number of ether oxygens (including phenoxy) is 1. The quantitative estimate of drug-likeness (QED) is 0.207. The predicted octanol–water partition coefficient (Wildman–Crippen LogP) is 6.06. The number of nitrogens with one attached hydrogen (secondary N) is 1. The molecule has 6 heteroatoms. The highest BCUT2D eigenvalue weighted by molar-refractivity contribution is 14.1. The Morgan fingerprint density at radius 1 is 1.10 bits per heavy atom. The van der Waals surface area contributed by atoms with Gasteiger partial charge in [-0.3, -0.25) is 4.79 Å². The van der Waals surface area contributed by atoms with E-state index in [-0.39, 0.29) is 17.5 Å². The van der Waals surface area contributed by atoms with E-state index < -0.39 is 0 Å². The van der Waals surface area contributed by atoms with Crippen molar-refractivity contribution < 1.29 is 9.53 Å². The molecule has 3 rings (SSSR count). The maximum atomic E-state index is 12.1. The number of benzene rings is 3. The fourth-order valence-corrected chi connectivity index (χ4v) is 5.07. The first-order chi connectivity index (χ1) is 14.4. The Morgan fingerprint density at radius 3 is 2.40 bits per heavy atom. The Balaban J connectivity index is 1.79. The summed E-state index contributed by atoms with van der Waals surface area (Å²) in [5.74, 6) is 0.431. The Kier molecular flexibility index (Phi) is 7.72. The van der Waals surface area contributed by atoms with Gasteiger partial charge in [-0.2, -0.15) is 5.26 Å². The molecule has 0 heterocycles. The second kappa shape index (κ2) is 10.3. The van der Waals surface area contributed by atoms with Gasteiger partial charge in [-0.15, -0.1) is 0 Å². The second-order valence-electron chi connectivity index (χ2n) is 7.08. The highest BCUT2D eigenvalue weighted by atomic mass is 127. The van der Waals surface area contributed by atoms with Crippen LogP contribution >= 0.6 is 45.2 Å². The monoisotopic (exact) mass is 622 g/mol. The molecule has 0 aliphatic rings. The van der Waals surface area contributed by atoms with Gasteiger partial charge in [0.15, 0.2) is 0 Å². The van der Waals surface area contributed by atoms with E-state index in [4.69, 9.17) is 4.74 Å². The second-order valence-corrected chi connectivity index (χ2v) is 9.41. The van der Waals surface area contributed by atoms with E-state index in [0.717, 1.165) is 24.0 Å². The van der Waals surface area contributed by atoms with E-state index in [0.29, 0.717) is 6.61 Å². The van der Waals surface area contributed by atoms with Crippen LogP contribution in [0.3, 0.4) is 0 Å². The van der Waals surface area contributed by atoms with Crippen LogP contribution in [0.4, 0.5) is 0 Å². The number of nitrogens with zero attached hydrogens (tertiary/aromatic N) is 1. The van der Waals surface area contributed by atoms with Crippen molar-refractivity contribution in [3.63, 3.8) is 0 Å². The lowest BCUT2D eigenvalue weighted by atomic mass is 10.1. The molecule has 0 atom stereocenters. The van der Waals surface area contributed by atoms with Crippen LogP contribution < -0.4 is 10.1 Å². The smallest absolute Gasteiger partial charge is 0.262 e. The standard InChI is InChI=1S/C24H20I2N2O2/c1-15(2)28-24(29)20(13-27)10-17-11-21(25)23(22(26)12-17)30-14-16-7-8-18-5-3-4-6-19(18)9-16/h3-12,15H,14H2,1-2H3,(H,28,29)/b20-10-. The molecule has 1 N–H and O–H groups in total. The maximum Gasteiger partial charge on any atom is 0.262 e. The molecule has 0 aromatic heterocycles. The average Bonchev–Trinajstić information content (AvgIpc) is 2.70. The molecule has 3 aromatic carbocycles. The molecule has 0 aliphatic heterocycles. The highest BCUT2D eigenvalue weighted by Gasteiger charge is 2.13. The Labute approximate surface area is 203 Å². The van der Waals surface area contributed by atoms with Gasteiger partial charge in [-0.05, 0) is 105 Å². The Hall–Kier alpha value is -2.12. The molecular weight excluding hydrogens is 602 g/mol. The van der Waals surface area contributed by atoms with Gasteiger partial charge in [-0.1, -0.05) is 36.4 Å². The Morgan fingerprint density at radius 2 is 1.77 bits per heavy atom. The van der Waals surface area contributed by atoms with Crippen molar-refractivity contribution in [1.29, 1.82) is 5.26 Å². The van der Waals surface area contributed by atoms with Crippen LogP contribution in [0.5, 0.6) is 5.75 Å². The van der Waals surface area contributed by atoms with Crippen molar-refractivity contribution in [3.8, 4) is 11.8 Å². The third kappa shape index (κ3) is 5.73. The molecule has 152 valence electrons. The lowest BCUT2D eigenvalue weighted by molar-refractivity contribution is -0.117. The number of carbonyl (C=O) groups is 1. The van der Waals surface area contributed by atoms with Crippen LogP contribution in [0.15, 0.2) is 60.2 Å². The summed E-state index contributed by atoms with van der Waals surface area (Å²) in [6, 6.07) is 20.3. The lowest BCUT2D eigenvalue weighted by Crippen LogP contribution is -2.30. The van der Waals surface area contributed by atoms with E-state index in [1.807, 2.05) is 44.2 Å². The molecule has 3 aromatic rings. The number of halogens is 2. The summed E-state index contributed by atoms with van der Waals surface area (Å²) in [5.41, 5.74) is 1.97. The molecule has 0 radical (unpaired) electrons. The van der Waals surface area contributed by atoms with Crippen molar-refractivity contribution in [2.24, 2.45) is 0 Å². The molecule has 30 heavy (non-hydrogen) atoms. The van der Waals surface area contributed by atoms with Crippen LogP contribution in [-0.2, 0) is 11.4 Å². The van der Waals surface area contributed by atoms with Gasteiger partial charge >= 0.3 is 0 Å². The summed E-state index contributed by atoms with van der Waals surface area (Å²) in [4.78, 5) is 12.1. The summed E-state index contributed by atoms with van der Waals surface area (Å²) in [6.45, 7) is 4.19. The predicted molar refractivity (Wildman–Crippen MR) is 137 cm³/mol. The van der Waals surface area contributed by atoms with Crippen molar-refractivity contribution >= 4 is 67.9 Å². The van der Waals surface area contributed by atoms with Crippen LogP contribution in [0.1, 0.15) is 25.0 Å². The van der Waals surface area contributed by atoms with E-state index in [1.165, 1.54) is 10.8 Å². The fraction of sp³-hybridized carbons (Fsp3) is 0.167. The largest absolute Gasteiger partial charge is 0.487 e. The maximum absolute atomic E-state index is 12.1. The topological polar surface area (TPSA) is 62.1 Å². The minimum absolute atomic E-state index is 0.0274. The molecule has 0 spiro atoms. The molecule has 0 saturated heterocycles. The fourth-order valence-electron chi connectivity index (χ4n) is 2.94. The van der Waals surface area contributed by atoms with Gasteiger partial charge in [0, 0.05) is 6.04 Å². The zero-order chi connectivity index (χ0) is 21.7. The third-order valence-electron chi connectivity index (χ3n) is 4.31. The average molecular weight is 622 g/mol. The van der Waals surface area contributed by atoms with Gasteiger partial charge in [0.25, 0.3) is 5.91 Å². The summed E-state index contributed by atoms with van der Waals surface area (Å²) < 4.78 is 7.96. The molecular formula is C24H20I2N2O2. The lowest BCUT2D eigenvalue weighted by Gasteiger charge is -2.12. The van der Waals surface area contributed by atoms with E-state index in [1.54, 1.807) is 6.08 Å². The molecule has 0 fully saturated rings. The molecule has 0 saturated carbocycles. The van der Waals surface area contributed by atoms with Crippen LogP contribution in [0.2, 0.25) is 0 Å². The molecule has 4 nitrogen and oxygen atoms in total. The first kappa shape index (κ1) is 22.6. The van der Waals surface area contributed by atoms with E-state index >= 15 is 0 Å². The summed E-state index contributed by atoms with van der Waals surface area (Å²) >= 11 is 4.44. The number of hydrogen-bond acceptors (Lipinski definition) is 3. The van der Waals surface area contributed by atoms with Crippen molar-refractivity contribution in [2.45, 2.75) is 26.5 Å². The zero-order valence-electron chi connectivity index (χ0n) is 16.6. The first-order valence-corrected chi connectivity index (χ1v) is 11.6. The zero-order valence-corrected chi connectivity index (χ0v) is 20.9. The van der Waals surface area contributed by atoms with Crippen molar-refractivity contribution in [1.82, 2.24) is 5.32 Å². The number of nitriles is 1. The van der Waals surface area contributed by atoms with Gasteiger partial charge in [0.1, 0.15) is 24.0 Å². The number of rotatable bonds is 6. The summed E-state index contributed by atoms with van der Waals surface area (Å²) in [7, 11) is 0. The normalized spacial score (nSPS) is 11.4. The molecule has 0 aliphatic carbocycles. The van der Waals surface area contributed by atoms with Gasteiger partial charge in [-0.25, -0.2) is 0 Å². The minimum atomic E-state index is -0.367. The molecule has 0 bridgehead atoms.